The summed E-state index contributed by atoms with van der Waals surface area (Å²) < 4.78 is 0. The van der Waals surface area contributed by atoms with Gasteiger partial charge >= 0.3 is 5.97 Å². The Morgan fingerprint density at radius 1 is 1.15 bits per heavy atom. The lowest BCUT2D eigenvalue weighted by Crippen LogP contribution is -2.36. The first-order chi connectivity index (χ1) is 9.33. The van der Waals surface area contributed by atoms with E-state index in [9.17, 15) is 9.59 Å². The molecule has 4 nitrogen and oxygen atoms in total. The predicted octanol–water partition coefficient (Wildman–Crippen LogP) is 2.96. The molecule has 0 aromatic rings. The Hall–Kier alpha value is -1.06. The number of hydrogen-bond acceptors (Lipinski definition) is 2. The molecule has 0 aromatic carbocycles. The molecule has 0 saturated heterocycles. The van der Waals surface area contributed by atoms with Crippen LogP contribution >= 0.6 is 0 Å². The second kappa shape index (κ2) is 5.74. The summed E-state index contributed by atoms with van der Waals surface area (Å²) in [6, 6.07) is 0. The molecule has 1 atom stereocenters. The minimum absolute atomic E-state index is 0.0378. The maximum atomic E-state index is 12.1. The molecule has 2 fully saturated rings. The average molecular weight is 281 g/mol. The van der Waals surface area contributed by atoms with Crippen LogP contribution in [0.2, 0.25) is 0 Å². The van der Waals surface area contributed by atoms with E-state index >= 15 is 0 Å². The molecular weight excluding hydrogens is 254 g/mol. The lowest BCUT2D eigenvalue weighted by molar-refractivity contribution is -0.141. The number of hydrogen-bond donors (Lipinski definition) is 2. The summed E-state index contributed by atoms with van der Waals surface area (Å²) >= 11 is 0. The Balaban J connectivity index is 1.83. The van der Waals surface area contributed by atoms with E-state index in [1.165, 1.54) is 12.8 Å². The Kier molecular flexibility index (Phi) is 4.40. The molecule has 0 bridgehead atoms. The molecule has 2 rings (SSSR count). The van der Waals surface area contributed by atoms with Crippen molar-refractivity contribution in [3.05, 3.63) is 0 Å². The summed E-state index contributed by atoms with van der Waals surface area (Å²) in [6.07, 6.45) is 6.71. The molecule has 4 heteroatoms. The fourth-order valence-electron chi connectivity index (χ4n) is 3.60. The summed E-state index contributed by atoms with van der Waals surface area (Å²) in [5.74, 6) is -0.146. The third-order valence-corrected chi connectivity index (χ3v) is 5.24. The molecular formula is C16H27NO3. The fraction of sp³-hybridized carbons (Fsp3) is 0.875. The molecule has 0 heterocycles. The molecule has 0 radical (unpaired) electrons. The highest BCUT2D eigenvalue weighted by Gasteiger charge is 2.45. The Morgan fingerprint density at radius 3 is 2.25 bits per heavy atom. The number of carbonyl (C=O) groups is 2. The van der Waals surface area contributed by atoms with Gasteiger partial charge in [-0.05, 0) is 36.0 Å². The van der Waals surface area contributed by atoms with Crippen LogP contribution in [0.1, 0.15) is 65.2 Å². The molecule has 2 N–H and O–H groups in total. The zero-order valence-corrected chi connectivity index (χ0v) is 12.7. The first-order valence-electron chi connectivity index (χ1n) is 7.82. The minimum Gasteiger partial charge on any atom is -0.481 e. The van der Waals surface area contributed by atoms with Crippen LogP contribution in [0.25, 0.3) is 0 Å². The number of rotatable bonds is 6. The molecule has 2 aliphatic rings. The van der Waals surface area contributed by atoms with Crippen molar-refractivity contribution in [2.45, 2.75) is 65.2 Å². The van der Waals surface area contributed by atoms with E-state index in [1.54, 1.807) is 0 Å². The Bertz CT molecular complexity index is 383. The molecule has 0 aromatic heterocycles. The molecule has 114 valence electrons. The third-order valence-electron chi connectivity index (χ3n) is 5.24. The van der Waals surface area contributed by atoms with Crippen molar-refractivity contribution in [1.82, 2.24) is 5.32 Å². The highest BCUT2D eigenvalue weighted by atomic mass is 16.4. The van der Waals surface area contributed by atoms with E-state index in [1.807, 2.05) is 0 Å². The average Bonchev–Trinajstić information content (AvgIpc) is 2.94. The van der Waals surface area contributed by atoms with Gasteiger partial charge in [0.25, 0.3) is 0 Å². The van der Waals surface area contributed by atoms with Gasteiger partial charge < -0.3 is 10.4 Å². The normalized spacial score (nSPS) is 26.8. The lowest BCUT2D eigenvalue weighted by Gasteiger charge is -2.35. The van der Waals surface area contributed by atoms with Crippen LogP contribution in [0.4, 0.5) is 0 Å². The number of amides is 1. The number of carboxylic acids is 1. The first kappa shape index (κ1) is 15.3. The SMILES string of the molecule is CC1(C)CC1CNC(=O)CC1(CC(=O)O)CCCCC1. The van der Waals surface area contributed by atoms with Gasteiger partial charge in [-0.3, -0.25) is 9.59 Å². The van der Waals surface area contributed by atoms with Crippen molar-refractivity contribution in [2.24, 2.45) is 16.7 Å². The van der Waals surface area contributed by atoms with Crippen molar-refractivity contribution >= 4 is 11.9 Å². The summed E-state index contributed by atoms with van der Waals surface area (Å²) in [7, 11) is 0. The van der Waals surface area contributed by atoms with Gasteiger partial charge in [0.15, 0.2) is 0 Å². The van der Waals surface area contributed by atoms with Crippen LogP contribution in [0.15, 0.2) is 0 Å². The number of nitrogens with one attached hydrogen (secondary N) is 1. The van der Waals surface area contributed by atoms with E-state index in [4.69, 9.17) is 5.11 Å². The first-order valence-corrected chi connectivity index (χ1v) is 7.82. The van der Waals surface area contributed by atoms with Crippen LogP contribution in [0.3, 0.4) is 0 Å². The fourth-order valence-corrected chi connectivity index (χ4v) is 3.60. The van der Waals surface area contributed by atoms with Crippen molar-refractivity contribution in [2.75, 3.05) is 6.54 Å². The van der Waals surface area contributed by atoms with Crippen LogP contribution in [-0.2, 0) is 9.59 Å². The van der Waals surface area contributed by atoms with Crippen molar-refractivity contribution in [1.29, 1.82) is 0 Å². The van der Waals surface area contributed by atoms with Crippen molar-refractivity contribution < 1.29 is 14.7 Å². The van der Waals surface area contributed by atoms with Crippen LogP contribution < -0.4 is 5.32 Å². The van der Waals surface area contributed by atoms with E-state index in [0.717, 1.165) is 32.2 Å². The highest BCUT2D eigenvalue weighted by molar-refractivity contribution is 5.78. The maximum absolute atomic E-state index is 12.1. The Morgan fingerprint density at radius 2 is 1.75 bits per heavy atom. The lowest BCUT2D eigenvalue weighted by atomic mass is 9.69. The molecule has 1 unspecified atom stereocenters. The molecule has 2 saturated carbocycles. The van der Waals surface area contributed by atoms with E-state index < -0.39 is 5.97 Å². The van der Waals surface area contributed by atoms with Gasteiger partial charge in [-0.1, -0.05) is 33.1 Å². The highest BCUT2D eigenvalue weighted by Crippen LogP contribution is 2.51. The molecule has 20 heavy (non-hydrogen) atoms. The van der Waals surface area contributed by atoms with E-state index in [-0.39, 0.29) is 17.7 Å². The van der Waals surface area contributed by atoms with Crippen molar-refractivity contribution in [3.63, 3.8) is 0 Å². The topological polar surface area (TPSA) is 66.4 Å². The van der Waals surface area contributed by atoms with Gasteiger partial charge in [0, 0.05) is 13.0 Å². The maximum Gasteiger partial charge on any atom is 0.303 e. The van der Waals surface area contributed by atoms with Gasteiger partial charge in [0.1, 0.15) is 0 Å². The second-order valence-electron chi connectivity index (χ2n) is 7.50. The number of aliphatic carboxylic acids is 1. The monoisotopic (exact) mass is 281 g/mol. The summed E-state index contributed by atoms with van der Waals surface area (Å²) in [5, 5.41) is 12.1. The zero-order chi connectivity index (χ0) is 14.8. The number of carbonyl (C=O) groups excluding carboxylic acids is 1. The van der Waals surface area contributed by atoms with Crippen LogP contribution in [0, 0.1) is 16.7 Å². The predicted molar refractivity (Wildman–Crippen MR) is 77.3 cm³/mol. The summed E-state index contributed by atoms with van der Waals surface area (Å²) in [4.78, 5) is 23.2. The minimum atomic E-state index is -0.775. The quantitative estimate of drug-likeness (QED) is 0.786. The van der Waals surface area contributed by atoms with Gasteiger partial charge in [0.2, 0.25) is 5.91 Å². The molecule has 0 aliphatic heterocycles. The molecule has 2 aliphatic carbocycles. The summed E-state index contributed by atoms with van der Waals surface area (Å²) in [5.41, 5.74) is 0.0735. The van der Waals surface area contributed by atoms with Crippen LogP contribution in [0.5, 0.6) is 0 Å². The molecule has 1 amide bonds. The van der Waals surface area contributed by atoms with E-state index in [0.29, 0.717) is 17.8 Å². The van der Waals surface area contributed by atoms with Gasteiger partial charge in [-0.25, -0.2) is 0 Å². The standard InChI is InChI=1S/C16H27NO3/c1-15(2)8-12(15)11-17-13(18)9-16(10-14(19)20)6-4-3-5-7-16/h12H,3-11H2,1-2H3,(H,17,18)(H,19,20). The zero-order valence-electron chi connectivity index (χ0n) is 12.7. The van der Waals surface area contributed by atoms with Gasteiger partial charge in [-0.2, -0.15) is 0 Å². The largest absolute Gasteiger partial charge is 0.481 e. The third kappa shape index (κ3) is 3.97. The second-order valence-corrected chi connectivity index (χ2v) is 7.50. The van der Waals surface area contributed by atoms with Gasteiger partial charge in [0.05, 0.1) is 6.42 Å². The summed E-state index contributed by atoms with van der Waals surface area (Å²) in [6.45, 7) is 5.18. The van der Waals surface area contributed by atoms with Crippen LogP contribution in [-0.4, -0.2) is 23.5 Å². The smallest absolute Gasteiger partial charge is 0.303 e. The van der Waals surface area contributed by atoms with Crippen molar-refractivity contribution in [3.8, 4) is 0 Å². The van der Waals surface area contributed by atoms with Gasteiger partial charge in [-0.15, -0.1) is 0 Å². The Labute approximate surface area is 121 Å². The van der Waals surface area contributed by atoms with E-state index in [2.05, 4.69) is 19.2 Å². The molecule has 0 spiro atoms. The number of carboxylic acid groups (broad SMARTS) is 1.